The number of amidine groups is 1. The minimum atomic E-state index is 0.536. The van der Waals surface area contributed by atoms with Gasteiger partial charge in [-0.15, -0.1) is 0 Å². The van der Waals surface area contributed by atoms with Gasteiger partial charge in [0, 0.05) is 25.3 Å². The van der Waals surface area contributed by atoms with Crippen LogP contribution in [0.3, 0.4) is 0 Å². The molecule has 0 radical (unpaired) electrons. The lowest BCUT2D eigenvalue weighted by molar-refractivity contribution is 0.629. The zero-order valence-electron chi connectivity index (χ0n) is 12.5. The molecule has 0 saturated heterocycles. The van der Waals surface area contributed by atoms with Crippen LogP contribution < -0.4 is 5.32 Å². The molecule has 0 fully saturated rings. The maximum atomic E-state index is 5.29. The van der Waals surface area contributed by atoms with Crippen molar-refractivity contribution in [1.29, 1.82) is 0 Å². The average molecular weight is 297 g/mol. The van der Waals surface area contributed by atoms with Gasteiger partial charge >= 0.3 is 0 Å². The van der Waals surface area contributed by atoms with Crippen LogP contribution in [0.4, 0.5) is 5.69 Å². The number of hydrogen-bond acceptors (Lipinski definition) is 1. The summed E-state index contributed by atoms with van der Waals surface area (Å²) in [5.74, 6) is 0.750. The van der Waals surface area contributed by atoms with Crippen LogP contribution in [-0.4, -0.2) is 29.9 Å². The summed E-state index contributed by atoms with van der Waals surface area (Å²) < 4.78 is 0. The van der Waals surface area contributed by atoms with E-state index >= 15 is 0 Å². The summed E-state index contributed by atoms with van der Waals surface area (Å²) >= 11 is 5.29. The van der Waals surface area contributed by atoms with Crippen molar-refractivity contribution < 1.29 is 0 Å². The first-order valence-corrected chi connectivity index (χ1v) is 7.16. The number of nitrogens with zero attached hydrogens (tertiary/aromatic N) is 2. The van der Waals surface area contributed by atoms with Gasteiger partial charge in [-0.3, -0.25) is 0 Å². The van der Waals surface area contributed by atoms with Crippen molar-refractivity contribution in [2.24, 2.45) is 4.99 Å². The van der Waals surface area contributed by atoms with E-state index in [4.69, 9.17) is 12.2 Å². The number of aliphatic imine (C=N–C) groups is 1. The van der Waals surface area contributed by atoms with E-state index in [0.29, 0.717) is 5.11 Å². The fourth-order valence-electron chi connectivity index (χ4n) is 1.73. The second-order valence-corrected chi connectivity index (χ2v) is 5.36. The van der Waals surface area contributed by atoms with E-state index in [1.165, 1.54) is 5.56 Å². The van der Waals surface area contributed by atoms with Crippen LogP contribution in [0.2, 0.25) is 0 Å². The third-order valence-electron chi connectivity index (χ3n) is 2.95. The van der Waals surface area contributed by atoms with Gasteiger partial charge in [0.1, 0.15) is 5.84 Å². The molecule has 0 amide bonds. The monoisotopic (exact) mass is 297 g/mol. The van der Waals surface area contributed by atoms with Crippen LogP contribution in [0.15, 0.2) is 59.6 Å². The van der Waals surface area contributed by atoms with Gasteiger partial charge in [0.2, 0.25) is 0 Å². The van der Waals surface area contributed by atoms with Gasteiger partial charge < -0.3 is 10.2 Å². The Balaban J connectivity index is 2.34. The summed E-state index contributed by atoms with van der Waals surface area (Å²) in [4.78, 5) is 6.35. The fourth-order valence-corrected chi connectivity index (χ4v) is 1.82. The molecule has 1 N–H and O–H groups in total. The van der Waals surface area contributed by atoms with Gasteiger partial charge in [0.05, 0.1) is 0 Å². The molecule has 0 spiro atoms. The molecule has 2 aromatic rings. The predicted octanol–water partition coefficient (Wildman–Crippen LogP) is 3.70. The molecule has 0 heterocycles. The largest absolute Gasteiger partial charge is 0.354 e. The molecule has 0 aliphatic carbocycles. The number of nitrogens with one attached hydrogen (secondary N) is 1. The Morgan fingerprint density at radius 2 is 1.62 bits per heavy atom. The smallest absolute Gasteiger partial charge is 0.196 e. The highest BCUT2D eigenvalue weighted by Gasteiger charge is 2.06. The highest BCUT2D eigenvalue weighted by Crippen LogP contribution is 2.11. The number of anilines is 1. The number of hydrogen-bond donors (Lipinski definition) is 1. The van der Waals surface area contributed by atoms with Gasteiger partial charge in [-0.2, -0.15) is 0 Å². The number of para-hydroxylation sites is 1. The molecule has 0 aromatic heterocycles. The Morgan fingerprint density at radius 3 is 2.19 bits per heavy atom. The first kappa shape index (κ1) is 15.2. The van der Waals surface area contributed by atoms with E-state index < -0.39 is 0 Å². The maximum Gasteiger partial charge on any atom is 0.196 e. The molecule has 4 heteroatoms. The van der Waals surface area contributed by atoms with Crippen LogP contribution >= 0.6 is 12.2 Å². The summed E-state index contributed by atoms with van der Waals surface area (Å²) in [6.07, 6.45) is 0. The van der Waals surface area contributed by atoms with Gasteiger partial charge in [0.15, 0.2) is 5.11 Å². The summed E-state index contributed by atoms with van der Waals surface area (Å²) in [5, 5.41) is 3.87. The van der Waals surface area contributed by atoms with Crippen molar-refractivity contribution >= 4 is 28.9 Å². The van der Waals surface area contributed by atoms with E-state index in [1.807, 2.05) is 61.5 Å². The lowest BCUT2D eigenvalue weighted by Crippen LogP contribution is -2.22. The van der Waals surface area contributed by atoms with Crippen molar-refractivity contribution in [3.8, 4) is 0 Å². The van der Waals surface area contributed by atoms with Crippen molar-refractivity contribution in [3.63, 3.8) is 0 Å². The lowest BCUT2D eigenvalue weighted by atomic mass is 10.1. The number of thiocarbonyl (C=S) groups is 1. The average Bonchev–Trinajstić information content (AvgIpc) is 2.48. The molecule has 2 aromatic carbocycles. The SMILES string of the molecule is Cc1ccc(C(=NC(=S)N(C)C)Nc2ccccc2)cc1. The molecule has 21 heavy (non-hydrogen) atoms. The van der Waals surface area contributed by atoms with Crippen molar-refractivity contribution in [2.75, 3.05) is 19.4 Å². The number of aryl methyl sites for hydroxylation is 1. The van der Waals surface area contributed by atoms with Crippen LogP contribution in [0.5, 0.6) is 0 Å². The van der Waals surface area contributed by atoms with Gasteiger partial charge in [0.25, 0.3) is 0 Å². The molecule has 108 valence electrons. The van der Waals surface area contributed by atoms with Crippen LogP contribution in [-0.2, 0) is 0 Å². The Morgan fingerprint density at radius 1 is 1.00 bits per heavy atom. The van der Waals surface area contributed by atoms with E-state index in [2.05, 4.69) is 29.4 Å². The lowest BCUT2D eigenvalue weighted by Gasteiger charge is -2.14. The summed E-state index contributed by atoms with van der Waals surface area (Å²) in [7, 11) is 3.78. The maximum absolute atomic E-state index is 5.29. The zero-order chi connectivity index (χ0) is 15.2. The topological polar surface area (TPSA) is 27.6 Å². The Labute approximate surface area is 131 Å². The molecular weight excluding hydrogens is 278 g/mol. The van der Waals surface area contributed by atoms with Crippen LogP contribution in [0.1, 0.15) is 11.1 Å². The van der Waals surface area contributed by atoms with E-state index in [9.17, 15) is 0 Å². The zero-order valence-corrected chi connectivity index (χ0v) is 13.3. The highest BCUT2D eigenvalue weighted by atomic mass is 32.1. The molecule has 2 rings (SSSR count). The van der Waals surface area contributed by atoms with Crippen LogP contribution in [0.25, 0.3) is 0 Å². The summed E-state index contributed by atoms with van der Waals surface area (Å²) in [6, 6.07) is 18.2. The molecule has 3 nitrogen and oxygen atoms in total. The molecule has 0 unspecified atom stereocenters. The fraction of sp³-hybridized carbons (Fsp3) is 0.176. The normalized spacial score (nSPS) is 11.1. The molecule has 0 atom stereocenters. The van der Waals surface area contributed by atoms with E-state index in [-0.39, 0.29) is 0 Å². The summed E-state index contributed by atoms with van der Waals surface area (Å²) in [5.41, 5.74) is 3.21. The number of rotatable bonds is 2. The van der Waals surface area contributed by atoms with E-state index in [1.54, 1.807) is 0 Å². The Bertz CT molecular complexity index is 631. The van der Waals surface area contributed by atoms with Gasteiger partial charge in [-0.05, 0) is 31.3 Å². The summed E-state index contributed by atoms with van der Waals surface area (Å²) in [6.45, 7) is 2.07. The second-order valence-electron chi connectivity index (χ2n) is 4.99. The third kappa shape index (κ3) is 4.39. The Kier molecular flexibility index (Phi) is 5.06. The van der Waals surface area contributed by atoms with Crippen molar-refractivity contribution in [1.82, 2.24) is 4.90 Å². The minimum absolute atomic E-state index is 0.536. The highest BCUT2D eigenvalue weighted by molar-refractivity contribution is 7.80. The first-order chi connectivity index (χ1) is 10.1. The predicted molar refractivity (Wildman–Crippen MR) is 94.1 cm³/mol. The first-order valence-electron chi connectivity index (χ1n) is 6.75. The van der Waals surface area contributed by atoms with Gasteiger partial charge in [-0.25, -0.2) is 4.99 Å². The Hall–Kier alpha value is -2.20. The van der Waals surface area contributed by atoms with E-state index in [0.717, 1.165) is 17.1 Å². The minimum Gasteiger partial charge on any atom is -0.354 e. The standard InChI is InChI=1S/C17H19N3S/c1-13-9-11-14(12-10-13)16(19-17(21)20(2)3)18-15-7-5-4-6-8-15/h4-12H,1-3H3,(H,18,19,21). The van der Waals surface area contributed by atoms with Crippen LogP contribution in [0, 0.1) is 6.92 Å². The third-order valence-corrected chi connectivity index (χ3v) is 3.41. The molecule has 0 saturated carbocycles. The second kappa shape index (κ2) is 6.99. The molecule has 0 aliphatic heterocycles. The quantitative estimate of drug-likeness (QED) is 0.520. The number of benzene rings is 2. The molecular formula is C17H19N3S. The molecule has 0 bridgehead atoms. The van der Waals surface area contributed by atoms with Crippen molar-refractivity contribution in [3.05, 3.63) is 65.7 Å². The van der Waals surface area contributed by atoms with Crippen molar-refractivity contribution in [2.45, 2.75) is 6.92 Å². The molecule has 0 aliphatic rings. The van der Waals surface area contributed by atoms with Gasteiger partial charge in [-0.1, -0.05) is 48.0 Å².